The summed E-state index contributed by atoms with van der Waals surface area (Å²) in [6, 6.07) is 6.87. The van der Waals surface area contributed by atoms with Crippen LogP contribution >= 0.6 is 11.8 Å². The lowest BCUT2D eigenvalue weighted by atomic mass is 10.3. The number of rotatable bonds is 7. The summed E-state index contributed by atoms with van der Waals surface area (Å²) in [7, 11) is 1.59. The predicted octanol–water partition coefficient (Wildman–Crippen LogP) is 3.28. The van der Waals surface area contributed by atoms with Crippen LogP contribution in [0.4, 0.5) is 28.9 Å². The second-order valence-corrected chi connectivity index (χ2v) is 7.19. The summed E-state index contributed by atoms with van der Waals surface area (Å²) in [6.07, 6.45) is -0.117. The highest BCUT2D eigenvalue weighted by molar-refractivity contribution is 7.99. The first kappa shape index (κ1) is 22.3. The zero-order valence-electron chi connectivity index (χ0n) is 16.0. The molecule has 0 saturated carbocycles. The molecule has 3 aromatic rings. The lowest BCUT2D eigenvalue weighted by Gasteiger charge is -2.07. The maximum atomic E-state index is 13.6. The van der Waals surface area contributed by atoms with Crippen molar-refractivity contribution in [1.82, 2.24) is 14.8 Å². The molecule has 31 heavy (non-hydrogen) atoms. The van der Waals surface area contributed by atoms with Crippen molar-refractivity contribution in [2.24, 2.45) is 7.05 Å². The number of aromatic nitrogens is 3. The van der Waals surface area contributed by atoms with Gasteiger partial charge in [-0.1, -0.05) is 11.8 Å². The van der Waals surface area contributed by atoms with Gasteiger partial charge in [0.05, 0.1) is 17.9 Å². The average molecular weight is 453 g/mol. The molecule has 0 aliphatic rings. The lowest BCUT2D eigenvalue weighted by Crippen LogP contribution is -2.17. The van der Waals surface area contributed by atoms with E-state index >= 15 is 0 Å². The van der Waals surface area contributed by atoms with Crippen LogP contribution in [0.15, 0.2) is 41.6 Å². The number of thioether (sulfide) groups is 1. The zero-order valence-corrected chi connectivity index (χ0v) is 16.8. The summed E-state index contributed by atoms with van der Waals surface area (Å²) in [5.74, 6) is -5.93. The van der Waals surface area contributed by atoms with Crippen LogP contribution < -0.4 is 10.6 Å². The van der Waals surface area contributed by atoms with Gasteiger partial charge in [-0.25, -0.2) is 17.6 Å². The third-order valence-corrected chi connectivity index (χ3v) is 5.03. The van der Waals surface area contributed by atoms with Crippen molar-refractivity contribution in [3.05, 3.63) is 65.5 Å². The van der Waals surface area contributed by atoms with Gasteiger partial charge in [-0.05, 0) is 36.4 Å². The van der Waals surface area contributed by atoms with E-state index in [-0.39, 0.29) is 12.2 Å². The molecule has 7 nitrogen and oxygen atoms in total. The molecule has 12 heteroatoms. The van der Waals surface area contributed by atoms with Gasteiger partial charge < -0.3 is 15.2 Å². The molecule has 162 valence electrons. The van der Waals surface area contributed by atoms with Gasteiger partial charge in [-0.2, -0.15) is 0 Å². The lowest BCUT2D eigenvalue weighted by molar-refractivity contribution is -0.116. The van der Waals surface area contributed by atoms with E-state index in [9.17, 15) is 27.2 Å². The van der Waals surface area contributed by atoms with Crippen molar-refractivity contribution in [2.45, 2.75) is 11.6 Å². The summed E-state index contributed by atoms with van der Waals surface area (Å²) >= 11 is 0.955. The van der Waals surface area contributed by atoms with Gasteiger partial charge in [0.15, 0.2) is 22.6 Å². The van der Waals surface area contributed by atoms with E-state index in [1.54, 1.807) is 7.05 Å². The number of carbonyl (C=O) groups is 2. The first-order valence-corrected chi connectivity index (χ1v) is 9.73. The van der Waals surface area contributed by atoms with E-state index < -0.39 is 40.8 Å². The quantitative estimate of drug-likeness (QED) is 0.326. The molecule has 0 radical (unpaired) electrons. The molecular formula is C19H15F4N5O2S. The Bertz CT molecular complexity index is 1120. The number of halogens is 4. The Kier molecular flexibility index (Phi) is 6.90. The first-order valence-electron chi connectivity index (χ1n) is 8.74. The molecule has 0 atom stereocenters. The number of nitrogens with one attached hydrogen (secondary N) is 2. The van der Waals surface area contributed by atoms with Gasteiger partial charge in [-0.3, -0.25) is 9.59 Å². The van der Waals surface area contributed by atoms with Crippen molar-refractivity contribution in [1.29, 1.82) is 0 Å². The Labute approximate surface area is 177 Å². The number of anilines is 2. The number of carbonyl (C=O) groups excluding carboxylic acids is 2. The van der Waals surface area contributed by atoms with E-state index in [1.807, 2.05) is 0 Å². The molecule has 1 heterocycles. The highest BCUT2D eigenvalue weighted by Crippen LogP contribution is 2.21. The molecular weight excluding hydrogens is 438 g/mol. The Morgan fingerprint density at radius 2 is 1.65 bits per heavy atom. The third kappa shape index (κ3) is 5.60. The zero-order chi connectivity index (χ0) is 22.5. The van der Waals surface area contributed by atoms with Gasteiger partial charge in [0.25, 0.3) is 0 Å². The monoisotopic (exact) mass is 453 g/mol. The maximum absolute atomic E-state index is 13.6. The smallest absolute Gasteiger partial charge is 0.234 e. The Hall–Kier alpha value is -3.41. The number of benzene rings is 2. The maximum Gasteiger partial charge on any atom is 0.234 e. The number of amides is 2. The van der Waals surface area contributed by atoms with E-state index in [0.29, 0.717) is 22.7 Å². The standard InChI is InChI=1S/C19H15F4N5O2S/c1-28-14(8-15(29)24-11-4-2-10(20)3-5-11)26-27-19(28)31-9-16(30)25-13-7-6-12(21)17(22)18(13)23/h2-7H,8-9H2,1H3,(H,24,29)(H,25,30). The predicted molar refractivity (Wildman–Crippen MR) is 105 cm³/mol. The highest BCUT2D eigenvalue weighted by Gasteiger charge is 2.17. The minimum atomic E-state index is -1.68. The van der Waals surface area contributed by atoms with Gasteiger partial charge >= 0.3 is 0 Å². The first-order chi connectivity index (χ1) is 14.7. The second kappa shape index (κ2) is 9.60. The molecule has 2 N–H and O–H groups in total. The van der Waals surface area contributed by atoms with Gasteiger partial charge in [-0.15, -0.1) is 10.2 Å². The van der Waals surface area contributed by atoms with E-state index in [1.165, 1.54) is 28.8 Å². The van der Waals surface area contributed by atoms with Gasteiger partial charge in [0.2, 0.25) is 11.8 Å². The topological polar surface area (TPSA) is 88.9 Å². The molecule has 0 unspecified atom stereocenters. The van der Waals surface area contributed by atoms with E-state index in [4.69, 9.17) is 0 Å². The van der Waals surface area contributed by atoms with Crippen molar-refractivity contribution in [3.63, 3.8) is 0 Å². The molecule has 0 aliphatic carbocycles. The number of nitrogens with zero attached hydrogens (tertiary/aromatic N) is 3. The van der Waals surface area contributed by atoms with Crippen LogP contribution in [0, 0.1) is 23.3 Å². The summed E-state index contributed by atoms with van der Waals surface area (Å²) in [4.78, 5) is 24.1. The summed E-state index contributed by atoms with van der Waals surface area (Å²) in [5.41, 5.74) is -0.0649. The average Bonchev–Trinajstić information content (AvgIpc) is 3.08. The molecule has 2 amide bonds. The molecule has 0 fully saturated rings. The normalized spacial score (nSPS) is 10.7. The fraction of sp³-hybridized carbons (Fsp3) is 0.158. The summed E-state index contributed by atoms with van der Waals surface area (Å²) < 4.78 is 54.2. The molecule has 2 aromatic carbocycles. The Morgan fingerprint density at radius 3 is 2.35 bits per heavy atom. The van der Waals surface area contributed by atoms with Crippen molar-refractivity contribution in [3.8, 4) is 0 Å². The van der Waals surface area contributed by atoms with Crippen molar-refractivity contribution < 1.29 is 27.2 Å². The van der Waals surface area contributed by atoms with Crippen molar-refractivity contribution >= 4 is 35.0 Å². The fourth-order valence-electron chi connectivity index (χ4n) is 2.45. The number of hydrogen-bond donors (Lipinski definition) is 2. The molecule has 3 rings (SSSR count). The van der Waals surface area contributed by atoms with Crippen LogP contribution in [0.25, 0.3) is 0 Å². The van der Waals surface area contributed by atoms with Gasteiger partial charge in [0.1, 0.15) is 11.6 Å². The SMILES string of the molecule is Cn1c(CC(=O)Nc2ccc(F)cc2)nnc1SCC(=O)Nc1ccc(F)c(F)c1F. The highest BCUT2D eigenvalue weighted by atomic mass is 32.2. The molecule has 0 saturated heterocycles. The van der Waals surface area contributed by atoms with Crippen LogP contribution in [0.1, 0.15) is 5.82 Å². The molecule has 0 spiro atoms. The minimum Gasteiger partial charge on any atom is -0.326 e. The van der Waals surface area contributed by atoms with Crippen LogP contribution in [-0.4, -0.2) is 32.3 Å². The van der Waals surface area contributed by atoms with E-state index in [0.717, 1.165) is 17.8 Å². The Morgan fingerprint density at radius 1 is 0.935 bits per heavy atom. The van der Waals surface area contributed by atoms with Gasteiger partial charge in [0, 0.05) is 12.7 Å². The Balaban J connectivity index is 1.55. The van der Waals surface area contributed by atoms with Crippen LogP contribution in [0.5, 0.6) is 0 Å². The van der Waals surface area contributed by atoms with Crippen molar-refractivity contribution in [2.75, 3.05) is 16.4 Å². The largest absolute Gasteiger partial charge is 0.326 e. The molecule has 0 bridgehead atoms. The molecule has 1 aromatic heterocycles. The number of hydrogen-bond acceptors (Lipinski definition) is 5. The van der Waals surface area contributed by atoms with Crippen LogP contribution in [-0.2, 0) is 23.1 Å². The fourth-order valence-corrected chi connectivity index (χ4v) is 3.18. The second-order valence-electron chi connectivity index (χ2n) is 6.25. The summed E-state index contributed by atoms with van der Waals surface area (Å²) in [6.45, 7) is 0. The minimum absolute atomic E-state index is 0.117. The van der Waals surface area contributed by atoms with Crippen LogP contribution in [0.3, 0.4) is 0 Å². The van der Waals surface area contributed by atoms with Crippen LogP contribution in [0.2, 0.25) is 0 Å². The van der Waals surface area contributed by atoms with E-state index in [2.05, 4.69) is 20.8 Å². The third-order valence-electron chi connectivity index (χ3n) is 4.01. The molecule has 0 aliphatic heterocycles. The summed E-state index contributed by atoms with van der Waals surface area (Å²) in [5, 5.41) is 12.8.